The van der Waals surface area contributed by atoms with Gasteiger partial charge in [0.1, 0.15) is 0 Å². The van der Waals surface area contributed by atoms with Crippen LogP contribution in [0.15, 0.2) is 0 Å². The Morgan fingerprint density at radius 1 is 1.40 bits per heavy atom. The van der Waals surface area contributed by atoms with E-state index >= 15 is 0 Å². The van der Waals surface area contributed by atoms with E-state index in [0.29, 0.717) is 19.1 Å². The maximum Gasteiger partial charge on any atom is 0.223 e. The zero-order chi connectivity index (χ0) is 11.8. The van der Waals surface area contributed by atoms with Crippen LogP contribution in [-0.4, -0.2) is 50.2 Å². The molecule has 0 spiro atoms. The highest BCUT2D eigenvalue weighted by atomic mass is 16.5. The van der Waals surface area contributed by atoms with E-state index in [2.05, 4.69) is 19.2 Å². The van der Waals surface area contributed by atoms with Gasteiger partial charge < -0.3 is 15.0 Å². The lowest BCUT2D eigenvalue weighted by Gasteiger charge is -2.24. The maximum atomic E-state index is 11.7. The smallest absolute Gasteiger partial charge is 0.223 e. The van der Waals surface area contributed by atoms with Gasteiger partial charge in [-0.25, -0.2) is 0 Å². The fourth-order valence-corrected chi connectivity index (χ4v) is 1.24. The molecule has 0 aromatic rings. The lowest BCUT2D eigenvalue weighted by molar-refractivity contribution is -0.132. The predicted molar refractivity (Wildman–Crippen MR) is 61.9 cm³/mol. The molecule has 0 saturated heterocycles. The summed E-state index contributed by atoms with van der Waals surface area (Å²) in [5.74, 6) is 0.160. The molecule has 0 aliphatic carbocycles. The van der Waals surface area contributed by atoms with E-state index in [-0.39, 0.29) is 11.9 Å². The molecule has 0 fully saturated rings. The van der Waals surface area contributed by atoms with Crippen molar-refractivity contribution in [1.29, 1.82) is 0 Å². The van der Waals surface area contributed by atoms with Crippen molar-refractivity contribution in [2.45, 2.75) is 39.3 Å². The van der Waals surface area contributed by atoms with E-state index < -0.39 is 0 Å². The molecule has 0 radical (unpaired) electrons. The normalized spacial score (nSPS) is 12.9. The van der Waals surface area contributed by atoms with Gasteiger partial charge in [-0.1, -0.05) is 13.8 Å². The van der Waals surface area contributed by atoms with Gasteiger partial charge in [0.25, 0.3) is 0 Å². The summed E-state index contributed by atoms with van der Waals surface area (Å²) in [7, 11) is 3.47. The molecule has 1 N–H and O–H groups in total. The molecule has 0 rings (SSSR count). The summed E-state index contributed by atoms with van der Waals surface area (Å²) in [5, 5.41) is 3.22. The van der Waals surface area contributed by atoms with Gasteiger partial charge in [-0.15, -0.1) is 0 Å². The van der Waals surface area contributed by atoms with Gasteiger partial charge >= 0.3 is 0 Å². The largest absolute Gasteiger partial charge is 0.383 e. The summed E-state index contributed by atoms with van der Waals surface area (Å²) < 4.78 is 5.01. The third-order valence-electron chi connectivity index (χ3n) is 2.35. The molecule has 0 heterocycles. The number of carbonyl (C=O) groups excluding carboxylic acids is 1. The third-order valence-corrected chi connectivity index (χ3v) is 2.35. The molecule has 4 nitrogen and oxygen atoms in total. The summed E-state index contributed by atoms with van der Waals surface area (Å²) >= 11 is 0. The molecule has 1 amide bonds. The Labute approximate surface area is 93.0 Å². The van der Waals surface area contributed by atoms with Crippen LogP contribution in [0.1, 0.15) is 27.2 Å². The fourth-order valence-electron chi connectivity index (χ4n) is 1.24. The molecule has 15 heavy (non-hydrogen) atoms. The first-order valence-electron chi connectivity index (χ1n) is 5.47. The quantitative estimate of drug-likeness (QED) is 0.686. The van der Waals surface area contributed by atoms with Crippen LogP contribution in [0, 0.1) is 0 Å². The fraction of sp³-hybridized carbons (Fsp3) is 0.909. The Kier molecular flexibility index (Phi) is 7.34. The molecular formula is C11H24N2O2. The standard InChI is InChI=1S/C11H24N2O2/c1-9(2)12-7-6-11(14)13(4)10(3)8-15-5/h9-10,12H,6-8H2,1-5H3. The number of ether oxygens (including phenoxy) is 1. The molecule has 0 aromatic carbocycles. The Hall–Kier alpha value is -0.610. The highest BCUT2D eigenvalue weighted by Gasteiger charge is 2.14. The Balaban J connectivity index is 3.78. The van der Waals surface area contributed by atoms with Crippen molar-refractivity contribution in [3.05, 3.63) is 0 Å². The zero-order valence-corrected chi connectivity index (χ0v) is 10.5. The summed E-state index contributed by atoms with van der Waals surface area (Å²) in [6, 6.07) is 0.570. The van der Waals surface area contributed by atoms with Crippen molar-refractivity contribution in [2.75, 3.05) is 27.3 Å². The van der Waals surface area contributed by atoms with Crippen molar-refractivity contribution in [1.82, 2.24) is 10.2 Å². The molecule has 1 atom stereocenters. The number of methoxy groups -OCH3 is 1. The minimum atomic E-state index is 0.140. The van der Waals surface area contributed by atoms with Gasteiger partial charge in [0, 0.05) is 33.2 Å². The average molecular weight is 216 g/mol. The number of carbonyl (C=O) groups is 1. The molecule has 0 aliphatic rings. The van der Waals surface area contributed by atoms with Crippen molar-refractivity contribution >= 4 is 5.91 Å². The van der Waals surface area contributed by atoms with Gasteiger partial charge in [-0.3, -0.25) is 4.79 Å². The van der Waals surface area contributed by atoms with Crippen LogP contribution in [0.5, 0.6) is 0 Å². The van der Waals surface area contributed by atoms with Crippen molar-refractivity contribution in [3.63, 3.8) is 0 Å². The van der Waals surface area contributed by atoms with Crippen molar-refractivity contribution < 1.29 is 9.53 Å². The SMILES string of the molecule is COCC(C)N(C)C(=O)CCNC(C)C. The topological polar surface area (TPSA) is 41.6 Å². The summed E-state index contributed by atoms with van der Waals surface area (Å²) in [6.45, 7) is 7.45. The average Bonchev–Trinajstić information content (AvgIpc) is 2.16. The second kappa shape index (κ2) is 7.65. The van der Waals surface area contributed by atoms with E-state index in [4.69, 9.17) is 4.74 Å². The van der Waals surface area contributed by atoms with Crippen LogP contribution in [0.25, 0.3) is 0 Å². The van der Waals surface area contributed by atoms with Crippen LogP contribution in [-0.2, 0) is 9.53 Å². The first kappa shape index (κ1) is 14.4. The van der Waals surface area contributed by atoms with E-state index in [1.807, 2.05) is 14.0 Å². The minimum Gasteiger partial charge on any atom is -0.383 e. The first-order chi connectivity index (χ1) is 6.99. The van der Waals surface area contributed by atoms with E-state index in [9.17, 15) is 4.79 Å². The molecule has 0 saturated carbocycles. The number of hydrogen-bond donors (Lipinski definition) is 1. The summed E-state index contributed by atoms with van der Waals surface area (Å²) in [5.41, 5.74) is 0. The number of hydrogen-bond acceptors (Lipinski definition) is 3. The van der Waals surface area contributed by atoms with Crippen molar-refractivity contribution in [2.24, 2.45) is 0 Å². The highest BCUT2D eigenvalue weighted by molar-refractivity contribution is 5.76. The molecule has 0 aliphatic heterocycles. The minimum absolute atomic E-state index is 0.140. The van der Waals surface area contributed by atoms with Gasteiger partial charge in [0.05, 0.1) is 12.6 Å². The lowest BCUT2D eigenvalue weighted by atomic mass is 10.2. The van der Waals surface area contributed by atoms with Gasteiger partial charge in [0.15, 0.2) is 0 Å². The second-order valence-electron chi connectivity index (χ2n) is 4.17. The Morgan fingerprint density at radius 2 is 2.00 bits per heavy atom. The molecule has 1 unspecified atom stereocenters. The van der Waals surface area contributed by atoms with E-state index in [0.717, 1.165) is 6.54 Å². The second-order valence-corrected chi connectivity index (χ2v) is 4.17. The number of rotatable bonds is 7. The maximum absolute atomic E-state index is 11.7. The lowest BCUT2D eigenvalue weighted by Crippen LogP contribution is -2.39. The zero-order valence-electron chi connectivity index (χ0n) is 10.5. The van der Waals surface area contributed by atoms with Crippen LogP contribution >= 0.6 is 0 Å². The monoisotopic (exact) mass is 216 g/mol. The van der Waals surface area contributed by atoms with Gasteiger partial charge in [0.2, 0.25) is 5.91 Å². The predicted octanol–water partition coefficient (Wildman–Crippen LogP) is 0.868. The third kappa shape index (κ3) is 6.47. The first-order valence-corrected chi connectivity index (χ1v) is 5.47. The summed E-state index contributed by atoms with van der Waals surface area (Å²) in [4.78, 5) is 13.4. The van der Waals surface area contributed by atoms with Gasteiger partial charge in [-0.05, 0) is 6.92 Å². The van der Waals surface area contributed by atoms with Crippen molar-refractivity contribution in [3.8, 4) is 0 Å². The Morgan fingerprint density at radius 3 is 2.47 bits per heavy atom. The van der Waals surface area contributed by atoms with Crippen LogP contribution in [0.3, 0.4) is 0 Å². The van der Waals surface area contributed by atoms with Gasteiger partial charge in [-0.2, -0.15) is 0 Å². The number of nitrogens with zero attached hydrogens (tertiary/aromatic N) is 1. The van der Waals surface area contributed by atoms with E-state index in [1.54, 1.807) is 12.0 Å². The Bertz CT molecular complexity index is 183. The molecular weight excluding hydrogens is 192 g/mol. The number of amides is 1. The molecule has 0 bridgehead atoms. The molecule has 0 aromatic heterocycles. The van der Waals surface area contributed by atoms with E-state index in [1.165, 1.54) is 0 Å². The van der Waals surface area contributed by atoms with Crippen LogP contribution in [0.4, 0.5) is 0 Å². The van der Waals surface area contributed by atoms with Crippen LogP contribution in [0.2, 0.25) is 0 Å². The highest BCUT2D eigenvalue weighted by Crippen LogP contribution is 1.99. The van der Waals surface area contributed by atoms with Crippen LogP contribution < -0.4 is 5.32 Å². The molecule has 90 valence electrons. The summed E-state index contributed by atoms with van der Waals surface area (Å²) in [6.07, 6.45) is 0.544. The number of likely N-dealkylation sites (N-methyl/N-ethyl adjacent to an activating group) is 1. The molecule has 4 heteroatoms. The number of nitrogens with one attached hydrogen (secondary N) is 1.